The molecular weight excluding hydrogens is 220 g/mol. The molecule has 0 saturated heterocycles. The zero-order chi connectivity index (χ0) is 12.3. The number of benzene rings is 1. The predicted octanol–water partition coefficient (Wildman–Crippen LogP) is 0.749. The van der Waals surface area contributed by atoms with Crippen LogP contribution in [-0.4, -0.2) is 21.3 Å². The van der Waals surface area contributed by atoms with Crippen LogP contribution in [0.25, 0.3) is 10.8 Å². The van der Waals surface area contributed by atoms with E-state index in [1.54, 1.807) is 18.2 Å². The normalized spacial score (nSPS) is 9.65. The highest BCUT2D eigenvalue weighted by atomic mass is 16.4. The predicted molar refractivity (Wildman–Crippen MR) is 61.5 cm³/mol. The molecule has 5 heteroatoms. The van der Waals surface area contributed by atoms with Crippen molar-refractivity contribution in [1.29, 1.82) is 0 Å². The summed E-state index contributed by atoms with van der Waals surface area (Å²) in [6.45, 7) is 0. The number of aromatic nitrogens is 2. The Labute approximate surface area is 96.1 Å². The van der Waals surface area contributed by atoms with Crippen LogP contribution in [0.1, 0.15) is 12.0 Å². The van der Waals surface area contributed by atoms with Crippen molar-refractivity contribution in [2.45, 2.75) is 6.42 Å². The van der Waals surface area contributed by atoms with Crippen molar-refractivity contribution in [1.82, 2.24) is 10.2 Å². The van der Waals surface area contributed by atoms with Gasteiger partial charge in [0.05, 0.1) is 11.6 Å². The van der Waals surface area contributed by atoms with Gasteiger partial charge in [-0.05, 0) is 18.2 Å². The van der Waals surface area contributed by atoms with Crippen LogP contribution in [0.5, 0.6) is 0 Å². The Hall–Kier alpha value is -2.61. The molecule has 17 heavy (non-hydrogen) atoms. The lowest BCUT2D eigenvalue weighted by Crippen LogP contribution is -2.07. The van der Waals surface area contributed by atoms with Crippen LogP contribution in [0.4, 0.5) is 0 Å². The van der Waals surface area contributed by atoms with Gasteiger partial charge in [0.1, 0.15) is 6.42 Å². The number of nitrogens with zero attached hydrogens (tertiary/aromatic N) is 1. The molecule has 0 aliphatic rings. The monoisotopic (exact) mass is 228 g/mol. The highest BCUT2D eigenvalue weighted by molar-refractivity contribution is 5.82. The van der Waals surface area contributed by atoms with Crippen LogP contribution >= 0.6 is 0 Å². The Balaban J connectivity index is 2.41. The van der Waals surface area contributed by atoms with E-state index in [1.807, 2.05) is 0 Å². The number of aromatic amines is 1. The first-order valence-electron chi connectivity index (χ1n) is 4.85. The van der Waals surface area contributed by atoms with E-state index in [0.29, 0.717) is 16.3 Å². The fraction of sp³-hybridized carbons (Fsp3) is 0.0833. The topological polar surface area (TPSA) is 83.0 Å². The molecule has 0 radical (unpaired) electrons. The van der Waals surface area contributed by atoms with E-state index in [4.69, 9.17) is 5.11 Å². The molecule has 0 atom stereocenters. The van der Waals surface area contributed by atoms with Gasteiger partial charge in [-0.25, -0.2) is 5.10 Å². The number of fused-ring (bicyclic) bond motifs is 1. The first-order chi connectivity index (χ1) is 8.16. The lowest BCUT2D eigenvalue weighted by Gasteiger charge is -1.95. The Morgan fingerprint density at radius 2 is 2.29 bits per heavy atom. The second-order valence-corrected chi connectivity index (χ2v) is 3.37. The number of carbonyl (C=O) groups is 1. The number of carboxylic acids is 1. The van der Waals surface area contributed by atoms with Crippen LogP contribution in [0.3, 0.4) is 0 Å². The van der Waals surface area contributed by atoms with Gasteiger partial charge in [0.15, 0.2) is 0 Å². The molecule has 0 aliphatic carbocycles. The molecular formula is C12H8N2O3. The average molecular weight is 228 g/mol. The highest BCUT2D eigenvalue weighted by Crippen LogP contribution is 2.09. The van der Waals surface area contributed by atoms with Gasteiger partial charge in [-0.2, -0.15) is 5.10 Å². The van der Waals surface area contributed by atoms with Gasteiger partial charge < -0.3 is 5.11 Å². The number of nitrogens with one attached hydrogen (secondary N) is 1. The molecule has 0 aliphatic heterocycles. The second-order valence-electron chi connectivity index (χ2n) is 3.37. The van der Waals surface area contributed by atoms with E-state index in [0.717, 1.165) is 0 Å². The summed E-state index contributed by atoms with van der Waals surface area (Å²) in [5, 5.41) is 15.7. The van der Waals surface area contributed by atoms with Gasteiger partial charge in [0.25, 0.3) is 5.56 Å². The summed E-state index contributed by atoms with van der Waals surface area (Å²) >= 11 is 0. The molecule has 2 aromatic rings. The number of aliphatic carboxylic acids is 1. The van der Waals surface area contributed by atoms with Crippen molar-refractivity contribution < 1.29 is 9.90 Å². The number of hydrogen-bond donors (Lipinski definition) is 2. The molecule has 2 rings (SSSR count). The fourth-order valence-corrected chi connectivity index (χ4v) is 1.40. The van der Waals surface area contributed by atoms with Crippen molar-refractivity contribution >= 4 is 16.7 Å². The van der Waals surface area contributed by atoms with Gasteiger partial charge in [-0.1, -0.05) is 11.8 Å². The summed E-state index contributed by atoms with van der Waals surface area (Å²) in [5.74, 6) is 4.28. The van der Waals surface area contributed by atoms with E-state index in [2.05, 4.69) is 22.0 Å². The van der Waals surface area contributed by atoms with Crippen molar-refractivity contribution in [2.75, 3.05) is 0 Å². The van der Waals surface area contributed by atoms with Gasteiger partial charge in [-0.3, -0.25) is 9.59 Å². The molecule has 1 aromatic heterocycles. The van der Waals surface area contributed by atoms with E-state index < -0.39 is 5.97 Å². The third-order valence-electron chi connectivity index (χ3n) is 2.14. The van der Waals surface area contributed by atoms with Crippen molar-refractivity contribution in [2.24, 2.45) is 0 Å². The molecule has 0 saturated carbocycles. The molecule has 0 bridgehead atoms. The molecule has 1 heterocycles. The first-order valence-corrected chi connectivity index (χ1v) is 4.85. The summed E-state index contributed by atoms with van der Waals surface area (Å²) in [7, 11) is 0. The van der Waals surface area contributed by atoms with Crippen LogP contribution < -0.4 is 5.56 Å². The molecule has 84 valence electrons. The van der Waals surface area contributed by atoms with Crippen LogP contribution in [0.15, 0.2) is 29.2 Å². The van der Waals surface area contributed by atoms with E-state index in [-0.39, 0.29) is 12.0 Å². The van der Waals surface area contributed by atoms with Gasteiger partial charge >= 0.3 is 5.97 Å². The minimum atomic E-state index is -0.962. The lowest BCUT2D eigenvalue weighted by molar-refractivity contribution is -0.135. The summed E-state index contributed by atoms with van der Waals surface area (Å²) in [4.78, 5) is 21.7. The maximum atomic E-state index is 11.4. The first kappa shape index (κ1) is 10.9. The minimum Gasteiger partial charge on any atom is -0.481 e. The van der Waals surface area contributed by atoms with E-state index in [1.165, 1.54) is 6.20 Å². The molecule has 0 amide bonds. The Bertz CT molecular complexity index is 692. The molecule has 5 nitrogen and oxygen atoms in total. The smallest absolute Gasteiger partial charge is 0.315 e. The second kappa shape index (κ2) is 4.49. The maximum Gasteiger partial charge on any atom is 0.315 e. The number of rotatable bonds is 1. The summed E-state index contributed by atoms with van der Waals surface area (Å²) in [6, 6.07) is 5.01. The van der Waals surface area contributed by atoms with E-state index >= 15 is 0 Å². The third kappa shape index (κ3) is 2.49. The molecule has 0 unspecified atom stereocenters. The van der Waals surface area contributed by atoms with Crippen LogP contribution in [-0.2, 0) is 4.79 Å². The highest BCUT2D eigenvalue weighted by Gasteiger charge is 1.98. The van der Waals surface area contributed by atoms with Gasteiger partial charge in [0, 0.05) is 10.9 Å². The minimum absolute atomic E-state index is 0.203. The Kier molecular flexibility index (Phi) is 2.88. The Morgan fingerprint density at radius 1 is 1.47 bits per heavy atom. The number of carboxylic acid groups (broad SMARTS) is 1. The molecule has 0 fully saturated rings. The standard InChI is InChI=1S/C12H8N2O3/c15-11(16)3-1-2-8-4-5-10-9(6-8)7-13-14-12(10)17/h4-7H,3H2,(H,14,17)(H,15,16). The summed E-state index contributed by atoms with van der Waals surface area (Å²) in [6.07, 6.45) is 1.32. The molecule has 0 spiro atoms. The quantitative estimate of drug-likeness (QED) is 0.705. The fourth-order valence-electron chi connectivity index (χ4n) is 1.40. The Morgan fingerprint density at radius 3 is 3.06 bits per heavy atom. The lowest BCUT2D eigenvalue weighted by atomic mass is 10.1. The largest absolute Gasteiger partial charge is 0.481 e. The number of hydrogen-bond acceptors (Lipinski definition) is 3. The SMILES string of the molecule is O=C(O)CC#Cc1ccc2c(=O)[nH]ncc2c1. The van der Waals surface area contributed by atoms with Crippen molar-refractivity contribution in [3.63, 3.8) is 0 Å². The average Bonchev–Trinajstić information content (AvgIpc) is 2.29. The van der Waals surface area contributed by atoms with Crippen molar-refractivity contribution in [3.8, 4) is 11.8 Å². The molecule has 2 N–H and O–H groups in total. The van der Waals surface area contributed by atoms with Crippen LogP contribution in [0, 0.1) is 11.8 Å². The number of H-pyrrole nitrogens is 1. The van der Waals surface area contributed by atoms with E-state index in [9.17, 15) is 9.59 Å². The van der Waals surface area contributed by atoms with Gasteiger partial charge in [0.2, 0.25) is 0 Å². The van der Waals surface area contributed by atoms with Gasteiger partial charge in [-0.15, -0.1) is 0 Å². The molecule has 1 aromatic carbocycles. The summed E-state index contributed by atoms with van der Waals surface area (Å²) in [5.41, 5.74) is 0.402. The maximum absolute atomic E-state index is 11.4. The van der Waals surface area contributed by atoms with Crippen molar-refractivity contribution in [3.05, 3.63) is 40.3 Å². The zero-order valence-corrected chi connectivity index (χ0v) is 8.73. The third-order valence-corrected chi connectivity index (χ3v) is 2.14. The zero-order valence-electron chi connectivity index (χ0n) is 8.73. The summed E-state index contributed by atoms with van der Waals surface area (Å²) < 4.78 is 0. The van der Waals surface area contributed by atoms with Crippen LogP contribution in [0.2, 0.25) is 0 Å².